The number of carbonyl (C=O) groups is 4. The van der Waals surface area contributed by atoms with Crippen molar-refractivity contribution in [2.75, 3.05) is 0 Å². The predicted octanol–water partition coefficient (Wildman–Crippen LogP) is 2.77. The maximum Gasteiger partial charge on any atom is 0.309 e. The molecule has 10 nitrogen and oxygen atoms in total. The normalized spacial score (nSPS) is 31.3. The molecule has 1 saturated heterocycles. The van der Waals surface area contributed by atoms with Gasteiger partial charge in [-0.05, 0) is 25.2 Å². The average molecular weight is 829 g/mol. The van der Waals surface area contributed by atoms with E-state index in [1.807, 2.05) is 0 Å². The maximum absolute atomic E-state index is 13.6. The fraction of sp³-hybridized carbons (Fsp3) is 0.800. The van der Waals surface area contributed by atoms with Crippen LogP contribution in [0.15, 0.2) is 0 Å². The number of alkyl halides is 2. The van der Waals surface area contributed by atoms with Crippen molar-refractivity contribution >= 4 is 33.9 Å². The molecule has 6 unspecified atom stereocenters. The summed E-state index contributed by atoms with van der Waals surface area (Å²) in [6, 6.07) is -0.793. The quantitative estimate of drug-likeness (QED) is 0.224. The summed E-state index contributed by atoms with van der Waals surface area (Å²) in [5.41, 5.74) is -0.972. The maximum atomic E-state index is 13.6. The van der Waals surface area contributed by atoms with Gasteiger partial charge < -0.3 is 14.0 Å². The third-order valence-electron chi connectivity index (χ3n) is 8.34. The summed E-state index contributed by atoms with van der Waals surface area (Å²) in [7, 11) is -6.14. The molecule has 1 heterocycles. The van der Waals surface area contributed by atoms with E-state index < -0.39 is 87.0 Å². The molecule has 2 amide bonds. The Kier molecular flexibility index (Phi) is 8.13. The number of hydrogen-bond acceptors (Lipinski definition) is 9. The van der Waals surface area contributed by atoms with Crippen LogP contribution in [0, 0.1) is 41.6 Å². The summed E-state index contributed by atoms with van der Waals surface area (Å²) in [4.78, 5) is 54.0. The number of rotatable bonds is 6. The molecule has 0 aromatic rings. The Balaban J connectivity index is 0.00000420. The molecule has 216 valence electrons. The number of esters is 2. The Morgan fingerprint density at radius 2 is 1.56 bits per heavy atom. The predicted molar refractivity (Wildman–Crippen MR) is 124 cm³/mol. The van der Waals surface area contributed by atoms with Gasteiger partial charge in [-0.25, -0.2) is 17.2 Å². The SMILES string of the molecule is CC(C)(C)C(=O)N1C(=O)C2C3CC(C(OC(=O)C4CCCCCCC4)C31)C2C(=O)O[CH-]C(F)(F)S(=O)(=O)[O-].[Rf]. The minimum absolute atomic E-state index is 0. The van der Waals surface area contributed by atoms with Crippen LogP contribution in [0.1, 0.15) is 72.1 Å². The zero-order valence-electron chi connectivity index (χ0n) is 22.3. The monoisotopic (exact) mass is 828 g/mol. The average Bonchev–Trinajstić information content (AvgIpc) is 3.38. The summed E-state index contributed by atoms with van der Waals surface area (Å²) >= 11 is 0. The Morgan fingerprint density at radius 1 is 1.00 bits per heavy atom. The molecule has 0 spiro atoms. The van der Waals surface area contributed by atoms with Gasteiger partial charge >= 0.3 is 5.97 Å². The van der Waals surface area contributed by atoms with E-state index >= 15 is 0 Å². The Labute approximate surface area is 220 Å². The van der Waals surface area contributed by atoms with Crippen molar-refractivity contribution in [3.8, 4) is 0 Å². The van der Waals surface area contributed by atoms with Crippen molar-refractivity contribution in [2.24, 2.45) is 35.0 Å². The van der Waals surface area contributed by atoms with Crippen LogP contribution >= 0.6 is 0 Å². The molecular formula is C25H33F2NO9RfS-2. The second-order valence-corrected chi connectivity index (χ2v) is 13.3. The van der Waals surface area contributed by atoms with Gasteiger partial charge in [0.05, 0.1) is 23.8 Å². The summed E-state index contributed by atoms with van der Waals surface area (Å²) in [5, 5.41) is -4.97. The zero-order valence-corrected chi connectivity index (χ0v) is 29.5. The van der Waals surface area contributed by atoms with Gasteiger partial charge in [0.25, 0.3) is 11.2 Å². The van der Waals surface area contributed by atoms with E-state index in [9.17, 15) is 40.9 Å². The van der Waals surface area contributed by atoms with Crippen LogP contribution in [0.5, 0.6) is 0 Å². The molecule has 0 aromatic carbocycles. The third-order valence-corrected chi connectivity index (χ3v) is 9.10. The fourth-order valence-electron chi connectivity index (χ4n) is 6.57. The van der Waals surface area contributed by atoms with E-state index in [2.05, 4.69) is 4.74 Å². The summed E-state index contributed by atoms with van der Waals surface area (Å²) in [5.74, 6) is -7.17. The third kappa shape index (κ3) is 5.35. The molecule has 3 aliphatic carbocycles. The first kappa shape index (κ1) is 30.4. The minimum atomic E-state index is -6.14. The zero-order chi connectivity index (χ0) is 28.2. The molecule has 39 heavy (non-hydrogen) atoms. The van der Waals surface area contributed by atoms with Crippen LogP contribution in [0.25, 0.3) is 0 Å². The van der Waals surface area contributed by atoms with E-state index in [0.717, 1.165) is 37.0 Å². The number of ether oxygens (including phenoxy) is 2. The first-order valence-corrected chi connectivity index (χ1v) is 14.4. The molecule has 0 N–H and O–H groups in total. The fourth-order valence-corrected chi connectivity index (χ4v) is 6.74. The van der Waals surface area contributed by atoms with Gasteiger partial charge in [-0.2, -0.15) is 0 Å². The Bertz CT molecular complexity index is 1100. The van der Waals surface area contributed by atoms with Crippen molar-refractivity contribution in [2.45, 2.75) is 89.5 Å². The van der Waals surface area contributed by atoms with Crippen LogP contribution in [-0.4, -0.2) is 59.0 Å². The van der Waals surface area contributed by atoms with E-state index in [0.29, 0.717) is 12.8 Å². The Morgan fingerprint density at radius 3 is 2.10 bits per heavy atom. The first-order valence-electron chi connectivity index (χ1n) is 13.0. The van der Waals surface area contributed by atoms with Crippen LogP contribution in [0.2, 0.25) is 0 Å². The molecule has 6 atom stereocenters. The molecule has 4 rings (SSSR count). The smallest absolute Gasteiger partial charge is 0.309 e. The van der Waals surface area contributed by atoms with Crippen molar-refractivity contribution < 1.29 is 50.4 Å². The van der Waals surface area contributed by atoms with Crippen molar-refractivity contribution in [3.05, 3.63) is 6.61 Å². The van der Waals surface area contributed by atoms with Gasteiger partial charge in [0, 0.05) is 11.3 Å². The standard InChI is InChI=1S/C25H34F2NO9S.Rf/c1-24(2,3)23(32)28-18-14-11-15(19(18)37-21(30)13-9-7-5-4-6-8-10-13)17(16(14)20(28)29)22(31)36-12-25(26,27)38(33,34)35;/h12-19H,4-11H2,1-3H3,(H,33,34,35);/q-1;/p-1. The van der Waals surface area contributed by atoms with Crippen LogP contribution in [0.4, 0.5) is 8.78 Å². The van der Waals surface area contributed by atoms with Crippen LogP contribution < -0.4 is 0 Å². The molecule has 0 aromatic heterocycles. The van der Waals surface area contributed by atoms with E-state index in [1.54, 1.807) is 20.8 Å². The van der Waals surface area contributed by atoms with Gasteiger partial charge in [-0.15, -0.1) is 0 Å². The number of carbonyl (C=O) groups excluding carboxylic acids is 4. The molecule has 0 radical (unpaired) electrons. The molecule has 4 fully saturated rings. The molecule has 3 saturated carbocycles. The first-order chi connectivity index (χ1) is 17.6. The molecular weight excluding hydrogens is 795 g/mol. The minimum Gasteiger partial charge on any atom is -0.746 e. The number of fused-ring (bicyclic) bond motifs is 1. The van der Waals surface area contributed by atoms with Gasteiger partial charge in [0.15, 0.2) is 0 Å². The van der Waals surface area contributed by atoms with E-state index in [4.69, 9.17) is 4.74 Å². The van der Waals surface area contributed by atoms with Crippen LogP contribution in [0.3, 0.4) is 0 Å². The van der Waals surface area contributed by atoms with Gasteiger partial charge in [-0.3, -0.25) is 24.1 Å². The Hall–Kier alpha value is -3.15. The number of amides is 2. The molecule has 14 heteroatoms. The summed E-state index contributed by atoms with van der Waals surface area (Å²) in [6.45, 7) is 4.22. The summed E-state index contributed by atoms with van der Waals surface area (Å²) < 4.78 is 70.0. The van der Waals surface area contributed by atoms with Crippen molar-refractivity contribution in [3.63, 3.8) is 0 Å². The van der Waals surface area contributed by atoms with E-state index in [-0.39, 0.29) is 12.3 Å². The molecule has 4 aliphatic rings. The second-order valence-electron chi connectivity index (χ2n) is 11.9. The van der Waals surface area contributed by atoms with E-state index in [1.165, 1.54) is 0 Å². The van der Waals surface area contributed by atoms with Crippen molar-refractivity contribution in [1.82, 2.24) is 4.90 Å². The van der Waals surface area contributed by atoms with Gasteiger partial charge in [-0.1, -0.05) is 59.5 Å². The number of hydrogen-bond donors (Lipinski definition) is 0. The molecule has 2 bridgehead atoms. The van der Waals surface area contributed by atoms with Crippen molar-refractivity contribution in [1.29, 1.82) is 0 Å². The topological polar surface area (TPSA) is 147 Å². The second kappa shape index (κ2) is 10.4. The van der Waals surface area contributed by atoms with Crippen LogP contribution in [-0.2, 0) is 38.8 Å². The number of imide groups is 1. The number of likely N-dealkylation sites (tertiary alicyclic amines) is 1. The number of nitrogens with zero attached hydrogens (tertiary/aromatic N) is 1. The van der Waals surface area contributed by atoms with Gasteiger partial charge in [0.2, 0.25) is 11.8 Å². The largest absolute Gasteiger partial charge is 0.746 e. The van der Waals surface area contributed by atoms with Gasteiger partial charge in [0.1, 0.15) is 16.2 Å². The number of halogens is 2. The molecule has 1 aliphatic heterocycles. The summed E-state index contributed by atoms with van der Waals surface area (Å²) in [6.07, 6.45) is 5.26.